The molecule has 8 heteroatoms. The summed E-state index contributed by atoms with van der Waals surface area (Å²) in [5, 5.41) is 5.52. The highest BCUT2D eigenvalue weighted by Gasteiger charge is 2.11. The molecule has 0 spiro atoms. The number of furan rings is 1. The molecule has 1 aromatic heterocycles. The van der Waals surface area contributed by atoms with Crippen LogP contribution < -0.4 is 10.6 Å². The average Bonchev–Trinajstić information content (AvgIpc) is 3.06. The first-order valence-electron chi connectivity index (χ1n) is 8.07. The standard InChI is InChI=1S/C18H21BrN2O5/c1-24-10-11-25-9-8-20-17(22)12-13-2-4-14(5-3-13)21-18(23)15-6-7-16(19)26-15/h2-7H,8-12H2,1H3,(H,20,22)(H,21,23). The van der Waals surface area contributed by atoms with E-state index in [0.717, 1.165) is 5.56 Å². The van der Waals surface area contributed by atoms with E-state index in [1.165, 1.54) is 0 Å². The molecule has 0 aliphatic carbocycles. The third kappa shape index (κ3) is 6.99. The molecule has 0 aliphatic heterocycles. The molecule has 7 nitrogen and oxygen atoms in total. The van der Waals surface area contributed by atoms with E-state index in [9.17, 15) is 9.59 Å². The summed E-state index contributed by atoms with van der Waals surface area (Å²) in [5.74, 6) is -0.208. The summed E-state index contributed by atoms with van der Waals surface area (Å²) >= 11 is 3.15. The Bertz CT molecular complexity index is 715. The van der Waals surface area contributed by atoms with Gasteiger partial charge in [0.1, 0.15) is 0 Å². The van der Waals surface area contributed by atoms with E-state index in [1.807, 2.05) is 0 Å². The second-order valence-corrected chi connectivity index (χ2v) is 6.17. The van der Waals surface area contributed by atoms with E-state index in [0.29, 0.717) is 36.7 Å². The first-order chi connectivity index (χ1) is 12.6. The maximum Gasteiger partial charge on any atom is 0.291 e. The number of anilines is 1. The topological polar surface area (TPSA) is 89.8 Å². The van der Waals surface area contributed by atoms with Gasteiger partial charge in [0.2, 0.25) is 5.91 Å². The zero-order chi connectivity index (χ0) is 18.8. The van der Waals surface area contributed by atoms with Crippen LogP contribution >= 0.6 is 15.9 Å². The molecule has 0 bridgehead atoms. The van der Waals surface area contributed by atoms with Crippen molar-refractivity contribution in [2.45, 2.75) is 6.42 Å². The van der Waals surface area contributed by atoms with Gasteiger partial charge in [-0.15, -0.1) is 0 Å². The smallest absolute Gasteiger partial charge is 0.291 e. The summed E-state index contributed by atoms with van der Waals surface area (Å²) in [6.45, 7) is 1.95. The lowest BCUT2D eigenvalue weighted by atomic mass is 10.1. The van der Waals surface area contributed by atoms with Crippen LogP contribution in [0.5, 0.6) is 0 Å². The number of carbonyl (C=O) groups excluding carboxylic acids is 2. The van der Waals surface area contributed by atoms with Gasteiger partial charge in [0.25, 0.3) is 5.91 Å². The van der Waals surface area contributed by atoms with Crippen molar-refractivity contribution in [1.29, 1.82) is 0 Å². The summed E-state index contributed by atoms with van der Waals surface area (Å²) in [4.78, 5) is 23.9. The van der Waals surface area contributed by atoms with Gasteiger partial charge < -0.3 is 24.5 Å². The van der Waals surface area contributed by atoms with Crippen LogP contribution in [0.2, 0.25) is 0 Å². The van der Waals surface area contributed by atoms with Crippen molar-refractivity contribution in [1.82, 2.24) is 5.32 Å². The van der Waals surface area contributed by atoms with Gasteiger partial charge in [-0.25, -0.2) is 0 Å². The molecule has 1 aromatic carbocycles. The quantitative estimate of drug-likeness (QED) is 0.572. The number of carbonyl (C=O) groups is 2. The van der Waals surface area contributed by atoms with E-state index < -0.39 is 0 Å². The van der Waals surface area contributed by atoms with Crippen LogP contribution in [0.25, 0.3) is 0 Å². The zero-order valence-corrected chi connectivity index (χ0v) is 16.0. The lowest BCUT2D eigenvalue weighted by Crippen LogP contribution is -2.29. The summed E-state index contributed by atoms with van der Waals surface area (Å²) in [7, 11) is 1.61. The Morgan fingerprint density at radius 1 is 1.08 bits per heavy atom. The van der Waals surface area contributed by atoms with Crippen LogP contribution in [0.3, 0.4) is 0 Å². The Morgan fingerprint density at radius 3 is 2.50 bits per heavy atom. The molecule has 0 fully saturated rings. The SMILES string of the molecule is COCCOCCNC(=O)Cc1ccc(NC(=O)c2ccc(Br)o2)cc1. The fourth-order valence-electron chi connectivity index (χ4n) is 2.09. The van der Waals surface area contributed by atoms with E-state index in [2.05, 4.69) is 26.6 Å². The largest absolute Gasteiger partial charge is 0.444 e. The van der Waals surface area contributed by atoms with Crippen LogP contribution in [-0.2, 0) is 20.7 Å². The molecule has 26 heavy (non-hydrogen) atoms. The van der Waals surface area contributed by atoms with E-state index in [-0.39, 0.29) is 24.0 Å². The van der Waals surface area contributed by atoms with Gasteiger partial charge in [-0.1, -0.05) is 12.1 Å². The van der Waals surface area contributed by atoms with Gasteiger partial charge in [0.15, 0.2) is 10.4 Å². The van der Waals surface area contributed by atoms with Gasteiger partial charge in [-0.05, 0) is 45.8 Å². The van der Waals surface area contributed by atoms with Crippen molar-refractivity contribution in [3.63, 3.8) is 0 Å². The predicted molar refractivity (Wildman–Crippen MR) is 100 cm³/mol. The number of benzene rings is 1. The summed E-state index contributed by atoms with van der Waals surface area (Å²) in [5.41, 5.74) is 1.47. The molecule has 0 saturated heterocycles. The maximum absolute atomic E-state index is 12.0. The average molecular weight is 425 g/mol. The van der Waals surface area contributed by atoms with Crippen LogP contribution in [0, 0.1) is 0 Å². The third-order valence-electron chi connectivity index (χ3n) is 3.37. The molecule has 2 rings (SSSR count). The van der Waals surface area contributed by atoms with Crippen molar-refractivity contribution < 1.29 is 23.5 Å². The molecular formula is C18H21BrN2O5. The first kappa shape index (κ1) is 20.2. The minimum Gasteiger partial charge on any atom is -0.444 e. The Labute approximate surface area is 160 Å². The Kier molecular flexibility index (Phi) is 8.33. The van der Waals surface area contributed by atoms with Crippen molar-refractivity contribution in [3.05, 3.63) is 52.4 Å². The molecule has 0 aliphatic rings. The second kappa shape index (κ2) is 10.7. The van der Waals surface area contributed by atoms with Crippen LogP contribution in [-0.4, -0.2) is 45.3 Å². The molecule has 2 aromatic rings. The maximum atomic E-state index is 12.0. The van der Waals surface area contributed by atoms with E-state index in [1.54, 1.807) is 43.5 Å². The van der Waals surface area contributed by atoms with Crippen molar-refractivity contribution in [3.8, 4) is 0 Å². The number of amides is 2. The van der Waals surface area contributed by atoms with Crippen LogP contribution in [0.1, 0.15) is 16.1 Å². The minimum absolute atomic E-state index is 0.0856. The van der Waals surface area contributed by atoms with Gasteiger partial charge in [-0.2, -0.15) is 0 Å². The molecule has 0 atom stereocenters. The molecule has 0 saturated carbocycles. The van der Waals surface area contributed by atoms with Gasteiger partial charge >= 0.3 is 0 Å². The Balaban J connectivity index is 1.73. The molecule has 140 valence electrons. The highest BCUT2D eigenvalue weighted by molar-refractivity contribution is 9.10. The molecule has 0 radical (unpaired) electrons. The summed E-state index contributed by atoms with van der Waals surface area (Å²) in [6.07, 6.45) is 0.261. The fraction of sp³-hybridized carbons (Fsp3) is 0.333. The second-order valence-electron chi connectivity index (χ2n) is 5.39. The number of ether oxygens (including phenoxy) is 2. The number of nitrogens with one attached hydrogen (secondary N) is 2. The minimum atomic E-state index is -0.338. The summed E-state index contributed by atoms with van der Waals surface area (Å²) < 4.78 is 15.8. The molecular weight excluding hydrogens is 404 g/mol. The normalized spacial score (nSPS) is 10.5. The Morgan fingerprint density at radius 2 is 1.85 bits per heavy atom. The zero-order valence-electron chi connectivity index (χ0n) is 14.4. The molecule has 2 N–H and O–H groups in total. The number of methoxy groups -OCH3 is 1. The fourth-order valence-corrected chi connectivity index (χ4v) is 2.40. The van der Waals surface area contributed by atoms with E-state index >= 15 is 0 Å². The van der Waals surface area contributed by atoms with Crippen molar-refractivity contribution in [2.75, 3.05) is 38.8 Å². The summed E-state index contributed by atoms with van der Waals surface area (Å²) in [6, 6.07) is 10.3. The van der Waals surface area contributed by atoms with Gasteiger partial charge in [0, 0.05) is 19.3 Å². The lowest BCUT2D eigenvalue weighted by Gasteiger charge is -2.07. The first-order valence-corrected chi connectivity index (χ1v) is 8.87. The number of rotatable bonds is 10. The molecule has 1 heterocycles. The van der Waals surface area contributed by atoms with Gasteiger partial charge in [-0.3, -0.25) is 9.59 Å². The van der Waals surface area contributed by atoms with Crippen LogP contribution in [0.15, 0.2) is 45.5 Å². The third-order valence-corrected chi connectivity index (χ3v) is 3.80. The number of halogens is 1. The highest BCUT2D eigenvalue weighted by atomic mass is 79.9. The number of hydrogen-bond donors (Lipinski definition) is 2. The van der Waals surface area contributed by atoms with E-state index in [4.69, 9.17) is 13.9 Å². The molecule has 2 amide bonds. The van der Waals surface area contributed by atoms with Crippen molar-refractivity contribution in [2.24, 2.45) is 0 Å². The van der Waals surface area contributed by atoms with Crippen molar-refractivity contribution >= 4 is 33.4 Å². The predicted octanol–water partition coefficient (Wildman–Crippen LogP) is 2.62. The van der Waals surface area contributed by atoms with Crippen LogP contribution in [0.4, 0.5) is 5.69 Å². The number of hydrogen-bond acceptors (Lipinski definition) is 5. The lowest BCUT2D eigenvalue weighted by molar-refractivity contribution is -0.120. The monoisotopic (exact) mass is 424 g/mol. The highest BCUT2D eigenvalue weighted by Crippen LogP contribution is 2.16. The Hall–Kier alpha value is -2.16. The molecule has 0 unspecified atom stereocenters. The van der Waals surface area contributed by atoms with Gasteiger partial charge in [0.05, 0.1) is 26.2 Å².